The van der Waals surface area contributed by atoms with Crippen LogP contribution in [0.4, 0.5) is 0 Å². The van der Waals surface area contributed by atoms with Crippen LogP contribution < -0.4 is 4.72 Å². The number of hydrogen-bond donors (Lipinski definition) is 2. The molecule has 2 aliphatic carbocycles. The number of rotatable bonds is 6. The highest BCUT2D eigenvalue weighted by atomic mass is 32.2. The molecule has 3 atom stereocenters. The highest BCUT2D eigenvalue weighted by molar-refractivity contribution is 7.89. The fourth-order valence-corrected chi connectivity index (χ4v) is 4.51. The van der Waals surface area contributed by atoms with Crippen molar-refractivity contribution < 1.29 is 13.5 Å². The van der Waals surface area contributed by atoms with Gasteiger partial charge in [0.15, 0.2) is 0 Å². The molecule has 4 nitrogen and oxygen atoms in total. The molecule has 3 rings (SSSR count). The molecular weight excluding hydrogens is 334 g/mol. The number of aliphatic hydroxyl groups excluding tert-OH is 1. The highest BCUT2D eigenvalue weighted by Gasteiger charge is 2.35. The second-order valence-electron chi connectivity index (χ2n) is 6.62. The predicted octanol–water partition coefficient (Wildman–Crippen LogP) is 2.88. The highest BCUT2D eigenvalue weighted by Crippen LogP contribution is 2.29. The summed E-state index contributed by atoms with van der Waals surface area (Å²) in [4.78, 5) is 0.204. The summed E-state index contributed by atoms with van der Waals surface area (Å²) in [7, 11) is -3.73. The molecule has 0 aliphatic heterocycles. The van der Waals surface area contributed by atoms with Crippen LogP contribution in [0.5, 0.6) is 0 Å². The lowest BCUT2D eigenvalue weighted by Gasteiger charge is -2.31. The van der Waals surface area contributed by atoms with Gasteiger partial charge >= 0.3 is 0 Å². The first-order chi connectivity index (χ1) is 11.9. The largest absolute Gasteiger partial charge is 0.390 e. The lowest BCUT2D eigenvalue weighted by Crippen LogP contribution is -2.49. The number of benzene rings is 1. The fourth-order valence-electron chi connectivity index (χ4n) is 3.23. The first-order valence-electron chi connectivity index (χ1n) is 8.35. The van der Waals surface area contributed by atoms with Crippen LogP contribution in [-0.4, -0.2) is 25.7 Å². The quantitative estimate of drug-likeness (QED) is 0.823. The minimum atomic E-state index is -3.73. The van der Waals surface area contributed by atoms with E-state index in [1.165, 1.54) is 0 Å². The van der Waals surface area contributed by atoms with Gasteiger partial charge in [0.2, 0.25) is 10.0 Å². The third kappa shape index (κ3) is 3.84. The van der Waals surface area contributed by atoms with Crippen LogP contribution in [0.15, 0.2) is 77.3 Å². The zero-order valence-electron chi connectivity index (χ0n) is 14.3. The average molecular weight is 357 g/mol. The summed E-state index contributed by atoms with van der Waals surface area (Å²) in [6, 6.07) is 6.06. The molecule has 0 amide bonds. The van der Waals surface area contributed by atoms with Crippen molar-refractivity contribution in [1.82, 2.24) is 4.72 Å². The summed E-state index contributed by atoms with van der Waals surface area (Å²) in [6.45, 7) is 3.85. The Morgan fingerprint density at radius 2 is 1.64 bits per heavy atom. The molecule has 0 aromatic heterocycles. The fraction of sp³-hybridized carbons (Fsp3) is 0.300. The molecule has 1 aromatic rings. The molecule has 0 bridgehead atoms. The molecule has 0 fully saturated rings. The minimum absolute atomic E-state index is 0.183. The number of aliphatic hydroxyl groups is 1. The Morgan fingerprint density at radius 1 is 1.00 bits per heavy atom. The molecule has 2 aliphatic rings. The molecule has 0 saturated heterocycles. The maximum absolute atomic E-state index is 12.8. The molecule has 2 N–H and O–H groups in total. The third-order valence-corrected chi connectivity index (χ3v) is 6.23. The van der Waals surface area contributed by atoms with Crippen molar-refractivity contribution in [3.63, 3.8) is 0 Å². The van der Waals surface area contributed by atoms with E-state index in [0.717, 1.165) is 11.1 Å². The molecule has 1 aromatic carbocycles. The standard InChI is InChI=1S/C20H23NO3S/c1-14-10-12-17(13-11-14)25(23,24)21-19(16-7-3-4-8-16)20(22)18-9-5-6-15(18)2/h3-13,16,18-22H,1-2H3/t18?,19-,20+/m0/s1. The summed E-state index contributed by atoms with van der Waals surface area (Å²) in [5.74, 6) is -0.370. The van der Waals surface area contributed by atoms with Crippen molar-refractivity contribution in [2.45, 2.75) is 30.9 Å². The second kappa shape index (κ2) is 7.12. The number of nitrogens with one attached hydrogen (secondary N) is 1. The molecule has 25 heavy (non-hydrogen) atoms. The van der Waals surface area contributed by atoms with Crippen LogP contribution in [0, 0.1) is 18.8 Å². The van der Waals surface area contributed by atoms with Crippen LogP contribution in [0.2, 0.25) is 0 Å². The van der Waals surface area contributed by atoms with E-state index in [1.54, 1.807) is 24.3 Å². The van der Waals surface area contributed by atoms with Crippen LogP contribution in [-0.2, 0) is 10.0 Å². The summed E-state index contributed by atoms with van der Waals surface area (Å²) < 4.78 is 28.3. The van der Waals surface area contributed by atoms with E-state index >= 15 is 0 Å². The normalized spacial score (nSPS) is 22.4. The van der Waals surface area contributed by atoms with E-state index < -0.39 is 22.2 Å². The van der Waals surface area contributed by atoms with Crippen LogP contribution in [0.3, 0.4) is 0 Å². The van der Waals surface area contributed by atoms with E-state index in [9.17, 15) is 13.5 Å². The van der Waals surface area contributed by atoms with E-state index in [1.807, 2.05) is 56.4 Å². The van der Waals surface area contributed by atoms with E-state index in [-0.39, 0.29) is 16.7 Å². The molecule has 0 heterocycles. The van der Waals surface area contributed by atoms with Crippen LogP contribution >= 0.6 is 0 Å². The Kier molecular flexibility index (Phi) is 5.08. The summed E-state index contributed by atoms with van der Waals surface area (Å²) in [6.07, 6.45) is 12.5. The van der Waals surface area contributed by atoms with Gasteiger partial charge in [-0.25, -0.2) is 13.1 Å². The van der Waals surface area contributed by atoms with Gasteiger partial charge in [0.1, 0.15) is 0 Å². The minimum Gasteiger partial charge on any atom is -0.390 e. The monoisotopic (exact) mass is 357 g/mol. The Labute approximate surface area is 149 Å². The maximum Gasteiger partial charge on any atom is 0.240 e. The Hall–Kier alpha value is -1.95. The van der Waals surface area contributed by atoms with Crippen molar-refractivity contribution in [3.05, 3.63) is 77.9 Å². The van der Waals surface area contributed by atoms with Crippen molar-refractivity contribution in [1.29, 1.82) is 0 Å². The Morgan fingerprint density at radius 3 is 2.20 bits per heavy atom. The van der Waals surface area contributed by atoms with Crippen LogP contribution in [0.25, 0.3) is 0 Å². The summed E-state index contributed by atoms with van der Waals surface area (Å²) in [5.41, 5.74) is 2.02. The molecule has 1 unspecified atom stereocenters. The van der Waals surface area contributed by atoms with Gasteiger partial charge in [-0.05, 0) is 26.0 Å². The zero-order valence-corrected chi connectivity index (χ0v) is 15.1. The van der Waals surface area contributed by atoms with Crippen molar-refractivity contribution in [3.8, 4) is 0 Å². The summed E-state index contributed by atoms with van der Waals surface area (Å²) in [5, 5.41) is 10.9. The van der Waals surface area contributed by atoms with Gasteiger partial charge in [-0.3, -0.25) is 0 Å². The van der Waals surface area contributed by atoms with Gasteiger partial charge in [-0.15, -0.1) is 0 Å². The lowest BCUT2D eigenvalue weighted by atomic mass is 9.86. The number of allylic oxidation sites excluding steroid dienone is 4. The number of aryl methyl sites for hydroxylation is 1. The van der Waals surface area contributed by atoms with Gasteiger partial charge in [-0.1, -0.05) is 65.8 Å². The number of hydrogen-bond acceptors (Lipinski definition) is 3. The zero-order chi connectivity index (χ0) is 18.0. The van der Waals surface area contributed by atoms with Gasteiger partial charge in [0, 0.05) is 11.8 Å². The van der Waals surface area contributed by atoms with Gasteiger partial charge in [0.05, 0.1) is 17.0 Å². The summed E-state index contributed by atoms with van der Waals surface area (Å²) >= 11 is 0. The molecule has 0 saturated carbocycles. The van der Waals surface area contributed by atoms with E-state index in [4.69, 9.17) is 0 Å². The maximum atomic E-state index is 12.8. The smallest absolute Gasteiger partial charge is 0.240 e. The predicted molar refractivity (Wildman–Crippen MR) is 99.5 cm³/mol. The Balaban J connectivity index is 1.88. The third-order valence-electron chi connectivity index (χ3n) is 4.75. The van der Waals surface area contributed by atoms with Gasteiger partial charge < -0.3 is 5.11 Å². The van der Waals surface area contributed by atoms with Crippen molar-refractivity contribution in [2.24, 2.45) is 11.8 Å². The van der Waals surface area contributed by atoms with Crippen LogP contribution in [0.1, 0.15) is 12.5 Å². The molecule has 0 spiro atoms. The SMILES string of the molecule is CC1=CC=CC1[C@@H](O)[C@@H](NS(=O)(=O)c1ccc(C)cc1)C1C=CC=C1. The molecule has 0 radical (unpaired) electrons. The van der Waals surface area contributed by atoms with Gasteiger partial charge in [0.25, 0.3) is 0 Å². The van der Waals surface area contributed by atoms with E-state index in [2.05, 4.69) is 4.72 Å². The second-order valence-corrected chi connectivity index (χ2v) is 8.33. The lowest BCUT2D eigenvalue weighted by molar-refractivity contribution is 0.100. The molecule has 5 heteroatoms. The van der Waals surface area contributed by atoms with E-state index in [0.29, 0.717) is 0 Å². The van der Waals surface area contributed by atoms with Crippen molar-refractivity contribution >= 4 is 10.0 Å². The molecule has 132 valence electrons. The Bertz CT molecular complexity index is 835. The first kappa shape index (κ1) is 17.9. The number of sulfonamides is 1. The topological polar surface area (TPSA) is 66.4 Å². The first-order valence-corrected chi connectivity index (χ1v) is 9.84. The van der Waals surface area contributed by atoms with Gasteiger partial charge in [-0.2, -0.15) is 0 Å². The average Bonchev–Trinajstić information content (AvgIpc) is 3.24. The van der Waals surface area contributed by atoms with Crippen molar-refractivity contribution in [2.75, 3.05) is 0 Å². The molecular formula is C20H23NO3S.